The first-order chi connectivity index (χ1) is 12.7. The van der Waals surface area contributed by atoms with Gasteiger partial charge in [-0.2, -0.15) is 0 Å². The van der Waals surface area contributed by atoms with E-state index >= 15 is 0 Å². The van der Waals surface area contributed by atoms with Crippen molar-refractivity contribution in [2.75, 3.05) is 7.11 Å². The molecule has 1 atom stereocenters. The predicted molar refractivity (Wildman–Crippen MR) is 98.9 cm³/mol. The fourth-order valence-electron chi connectivity index (χ4n) is 3.02. The first-order valence-corrected chi connectivity index (χ1v) is 8.92. The van der Waals surface area contributed by atoms with Gasteiger partial charge >= 0.3 is 5.97 Å². The Bertz CT molecular complexity index is 1010. The standard InChI is InChI=1S/C20H15NO4S/c1-24-14-9-7-13(8-10-14)19-21-18-17(20(23)26-19)15(11-16(22)25-18)12-5-3-2-4-6-12/h2-10,15H,11H2,1H3. The highest BCUT2D eigenvalue weighted by Crippen LogP contribution is 2.37. The van der Waals surface area contributed by atoms with Gasteiger partial charge < -0.3 is 9.47 Å². The van der Waals surface area contributed by atoms with E-state index in [1.54, 1.807) is 19.2 Å². The van der Waals surface area contributed by atoms with Gasteiger partial charge in [0.2, 0.25) is 10.6 Å². The second-order valence-corrected chi connectivity index (χ2v) is 6.86. The summed E-state index contributed by atoms with van der Waals surface area (Å²) in [4.78, 5) is 29.4. The SMILES string of the molecule is COc1ccc(-c2nc3c(c(=O)s2)C(c2ccccc2)CC(=O)O3)cc1. The fourth-order valence-corrected chi connectivity index (χ4v) is 3.92. The van der Waals surface area contributed by atoms with Crippen molar-refractivity contribution in [1.82, 2.24) is 4.98 Å². The van der Waals surface area contributed by atoms with Gasteiger partial charge in [0.1, 0.15) is 10.8 Å². The van der Waals surface area contributed by atoms with Gasteiger partial charge in [0.15, 0.2) is 0 Å². The Morgan fingerprint density at radius 1 is 1.08 bits per heavy atom. The molecular weight excluding hydrogens is 350 g/mol. The van der Waals surface area contributed by atoms with Crippen molar-refractivity contribution in [2.45, 2.75) is 12.3 Å². The first-order valence-electron chi connectivity index (χ1n) is 8.11. The second-order valence-electron chi connectivity index (χ2n) is 5.90. The molecule has 1 aliphatic heterocycles. The molecule has 0 amide bonds. The van der Waals surface area contributed by atoms with Gasteiger partial charge in [-0.1, -0.05) is 41.7 Å². The third kappa shape index (κ3) is 2.99. The van der Waals surface area contributed by atoms with E-state index in [9.17, 15) is 9.59 Å². The molecule has 4 rings (SSSR count). The molecule has 0 N–H and O–H groups in total. The summed E-state index contributed by atoms with van der Waals surface area (Å²) in [5, 5.41) is 0.512. The van der Waals surface area contributed by atoms with Crippen molar-refractivity contribution in [3.63, 3.8) is 0 Å². The molecule has 0 saturated heterocycles. The summed E-state index contributed by atoms with van der Waals surface area (Å²) in [6, 6.07) is 16.7. The van der Waals surface area contributed by atoms with Gasteiger partial charge in [0.05, 0.1) is 19.1 Å². The molecule has 0 radical (unpaired) electrons. The van der Waals surface area contributed by atoms with Crippen LogP contribution in [0.4, 0.5) is 0 Å². The summed E-state index contributed by atoms with van der Waals surface area (Å²) in [5.74, 6) is 0.128. The van der Waals surface area contributed by atoms with Crippen LogP contribution in [0.1, 0.15) is 23.5 Å². The van der Waals surface area contributed by atoms with Gasteiger partial charge in [-0.3, -0.25) is 9.59 Å². The predicted octanol–water partition coefficient (Wildman–Crippen LogP) is 3.62. The molecule has 0 fully saturated rings. The Hall–Kier alpha value is -2.99. The molecule has 1 aliphatic rings. The molecule has 2 aromatic carbocycles. The van der Waals surface area contributed by atoms with Crippen LogP contribution in [0.15, 0.2) is 59.4 Å². The minimum Gasteiger partial charge on any atom is -0.497 e. The third-order valence-corrected chi connectivity index (χ3v) is 5.24. The normalized spacial score (nSPS) is 15.9. The minimum atomic E-state index is -0.380. The number of nitrogens with zero attached hydrogens (tertiary/aromatic N) is 1. The summed E-state index contributed by atoms with van der Waals surface area (Å²) in [7, 11) is 1.59. The zero-order valence-corrected chi connectivity index (χ0v) is 14.8. The van der Waals surface area contributed by atoms with Crippen molar-refractivity contribution in [2.24, 2.45) is 0 Å². The monoisotopic (exact) mass is 365 g/mol. The molecule has 1 aromatic heterocycles. The lowest BCUT2D eigenvalue weighted by Gasteiger charge is -2.23. The zero-order chi connectivity index (χ0) is 18.1. The van der Waals surface area contributed by atoms with E-state index in [1.165, 1.54) is 0 Å². The summed E-state index contributed by atoms with van der Waals surface area (Å²) in [5.41, 5.74) is 2.14. The maximum Gasteiger partial charge on any atom is 0.313 e. The highest BCUT2D eigenvalue weighted by atomic mass is 32.1. The molecule has 1 unspecified atom stereocenters. The Morgan fingerprint density at radius 2 is 1.81 bits per heavy atom. The van der Waals surface area contributed by atoms with E-state index in [4.69, 9.17) is 9.47 Å². The highest BCUT2D eigenvalue weighted by Gasteiger charge is 2.32. The minimum absolute atomic E-state index is 0.115. The number of rotatable bonds is 3. The Morgan fingerprint density at radius 3 is 2.50 bits per heavy atom. The quantitative estimate of drug-likeness (QED) is 0.663. The van der Waals surface area contributed by atoms with Crippen molar-refractivity contribution >= 4 is 17.3 Å². The maximum absolute atomic E-state index is 12.8. The number of carbonyl (C=O) groups excluding carboxylic acids is 1. The number of fused-ring (bicyclic) bond motifs is 1. The maximum atomic E-state index is 12.8. The van der Waals surface area contributed by atoms with E-state index in [-0.39, 0.29) is 28.9 Å². The summed E-state index contributed by atoms with van der Waals surface area (Å²) in [6.07, 6.45) is 0.141. The van der Waals surface area contributed by atoms with Crippen LogP contribution in [0.5, 0.6) is 11.6 Å². The Balaban J connectivity index is 1.82. The fraction of sp³-hybridized carbons (Fsp3) is 0.150. The average Bonchev–Trinajstić information content (AvgIpc) is 2.67. The van der Waals surface area contributed by atoms with E-state index in [0.29, 0.717) is 10.6 Å². The molecule has 0 aliphatic carbocycles. The van der Waals surface area contributed by atoms with Crippen LogP contribution in [-0.2, 0) is 4.79 Å². The number of hydrogen-bond donors (Lipinski definition) is 0. The van der Waals surface area contributed by atoms with E-state index in [0.717, 1.165) is 28.2 Å². The number of aromatic nitrogens is 1. The lowest BCUT2D eigenvalue weighted by atomic mass is 9.89. The number of ether oxygens (including phenoxy) is 2. The largest absolute Gasteiger partial charge is 0.497 e. The van der Waals surface area contributed by atoms with Crippen LogP contribution in [0.2, 0.25) is 0 Å². The molecular formula is C20H15NO4S. The van der Waals surface area contributed by atoms with Gasteiger partial charge in [-0.25, -0.2) is 4.98 Å². The van der Waals surface area contributed by atoms with Crippen LogP contribution >= 0.6 is 11.3 Å². The van der Waals surface area contributed by atoms with E-state index in [1.807, 2.05) is 42.5 Å². The van der Waals surface area contributed by atoms with Crippen LogP contribution in [0, 0.1) is 0 Å². The molecule has 6 heteroatoms. The highest BCUT2D eigenvalue weighted by molar-refractivity contribution is 7.12. The van der Waals surface area contributed by atoms with Crippen LogP contribution < -0.4 is 14.2 Å². The second kappa shape index (κ2) is 6.72. The van der Waals surface area contributed by atoms with Crippen LogP contribution in [-0.4, -0.2) is 18.1 Å². The van der Waals surface area contributed by atoms with Gasteiger partial charge in [0.25, 0.3) is 0 Å². The lowest BCUT2D eigenvalue weighted by molar-refractivity contribution is -0.135. The van der Waals surface area contributed by atoms with Crippen molar-refractivity contribution < 1.29 is 14.3 Å². The number of methoxy groups -OCH3 is 1. The number of hydrogen-bond acceptors (Lipinski definition) is 6. The third-order valence-electron chi connectivity index (χ3n) is 4.31. The number of esters is 1. The van der Waals surface area contributed by atoms with Crippen molar-refractivity contribution in [3.05, 3.63) is 75.3 Å². The number of benzene rings is 2. The molecule has 5 nitrogen and oxygen atoms in total. The van der Waals surface area contributed by atoms with Gasteiger partial charge in [-0.05, 0) is 29.8 Å². The topological polar surface area (TPSA) is 65.5 Å². The molecule has 2 heterocycles. The molecule has 26 heavy (non-hydrogen) atoms. The Kier molecular flexibility index (Phi) is 4.26. The average molecular weight is 365 g/mol. The van der Waals surface area contributed by atoms with E-state index < -0.39 is 0 Å². The molecule has 0 bridgehead atoms. The smallest absolute Gasteiger partial charge is 0.313 e. The zero-order valence-electron chi connectivity index (χ0n) is 14.0. The summed E-state index contributed by atoms with van der Waals surface area (Å²) in [6.45, 7) is 0. The Labute approximate surface area is 153 Å². The summed E-state index contributed by atoms with van der Waals surface area (Å²) >= 11 is 1.06. The number of carbonyl (C=O) groups is 1. The van der Waals surface area contributed by atoms with Gasteiger partial charge in [-0.15, -0.1) is 0 Å². The van der Waals surface area contributed by atoms with Crippen molar-refractivity contribution in [1.29, 1.82) is 0 Å². The van der Waals surface area contributed by atoms with Crippen LogP contribution in [0.25, 0.3) is 10.6 Å². The lowest BCUT2D eigenvalue weighted by Crippen LogP contribution is -2.26. The summed E-state index contributed by atoms with van der Waals surface area (Å²) < 4.78 is 10.3. The molecule has 0 saturated carbocycles. The molecule has 3 aromatic rings. The van der Waals surface area contributed by atoms with Gasteiger partial charge in [0, 0.05) is 11.5 Å². The first kappa shape index (κ1) is 16.5. The van der Waals surface area contributed by atoms with Crippen molar-refractivity contribution in [3.8, 4) is 22.2 Å². The van der Waals surface area contributed by atoms with E-state index in [2.05, 4.69) is 4.98 Å². The molecule has 130 valence electrons. The molecule has 0 spiro atoms. The van der Waals surface area contributed by atoms with Crippen LogP contribution in [0.3, 0.4) is 0 Å².